The van der Waals surface area contributed by atoms with Crippen LogP contribution < -0.4 is 0 Å². The highest BCUT2D eigenvalue weighted by Gasteiger charge is 2.13. The molecule has 18 heavy (non-hydrogen) atoms. The average molecular weight is 252 g/mol. The topological polar surface area (TPSA) is 37.3 Å². The minimum absolute atomic E-state index is 0.103. The smallest absolute Gasteiger partial charge is 0.338 e. The van der Waals surface area contributed by atoms with Crippen molar-refractivity contribution in [3.8, 4) is 11.1 Å². The molecule has 0 aromatic heterocycles. The Morgan fingerprint density at radius 1 is 0.944 bits per heavy atom. The minimum atomic E-state index is -1.47. The molecule has 0 unspecified atom stereocenters. The Kier molecular flexibility index (Phi) is 3.06. The molecule has 2 nitrogen and oxygen atoms in total. The zero-order valence-electron chi connectivity index (χ0n) is 8.95. The van der Waals surface area contributed by atoms with Crippen LogP contribution in [0.5, 0.6) is 0 Å². The third-order valence-electron chi connectivity index (χ3n) is 2.44. The van der Waals surface area contributed by atoms with Gasteiger partial charge in [-0.15, -0.1) is 0 Å². The highest BCUT2D eigenvalue weighted by atomic mass is 19.1. The van der Waals surface area contributed by atoms with Gasteiger partial charge >= 0.3 is 5.97 Å². The van der Waals surface area contributed by atoms with E-state index in [4.69, 9.17) is 5.11 Å². The van der Waals surface area contributed by atoms with Gasteiger partial charge in [-0.05, 0) is 35.9 Å². The molecule has 92 valence electrons. The lowest BCUT2D eigenvalue weighted by molar-refractivity contribution is 0.0692. The zero-order chi connectivity index (χ0) is 13.3. The van der Waals surface area contributed by atoms with Crippen LogP contribution in [0.1, 0.15) is 10.4 Å². The van der Waals surface area contributed by atoms with Crippen LogP contribution in [0, 0.1) is 17.5 Å². The van der Waals surface area contributed by atoms with E-state index < -0.39 is 29.0 Å². The van der Waals surface area contributed by atoms with Crippen molar-refractivity contribution in [2.75, 3.05) is 0 Å². The third-order valence-corrected chi connectivity index (χ3v) is 2.44. The van der Waals surface area contributed by atoms with Crippen LogP contribution in [-0.4, -0.2) is 11.1 Å². The molecular weight excluding hydrogens is 245 g/mol. The Bertz CT molecular complexity index is 624. The standard InChI is InChI=1S/C13H7F3O2/c14-8-2-4-11(15)9(6-8)7-1-3-12(16)10(5-7)13(17)18/h1-6H,(H,17,18). The minimum Gasteiger partial charge on any atom is -0.478 e. The van der Waals surface area contributed by atoms with E-state index in [2.05, 4.69) is 0 Å². The summed E-state index contributed by atoms with van der Waals surface area (Å²) >= 11 is 0. The van der Waals surface area contributed by atoms with Crippen LogP contribution in [0.4, 0.5) is 13.2 Å². The van der Waals surface area contributed by atoms with Gasteiger partial charge in [0.25, 0.3) is 0 Å². The molecule has 0 fully saturated rings. The van der Waals surface area contributed by atoms with E-state index in [9.17, 15) is 18.0 Å². The maximum absolute atomic E-state index is 13.5. The summed E-state index contributed by atoms with van der Waals surface area (Å²) in [4.78, 5) is 10.7. The van der Waals surface area contributed by atoms with Crippen molar-refractivity contribution in [1.82, 2.24) is 0 Å². The Hall–Kier alpha value is -2.30. The van der Waals surface area contributed by atoms with Crippen molar-refractivity contribution in [3.05, 3.63) is 59.4 Å². The molecule has 0 saturated carbocycles. The summed E-state index contributed by atoms with van der Waals surface area (Å²) in [5, 5.41) is 8.75. The largest absolute Gasteiger partial charge is 0.478 e. The number of rotatable bonds is 2. The molecule has 2 aromatic rings. The van der Waals surface area contributed by atoms with Crippen LogP contribution in [-0.2, 0) is 0 Å². The molecule has 0 amide bonds. The van der Waals surface area contributed by atoms with E-state index in [0.29, 0.717) is 0 Å². The highest BCUT2D eigenvalue weighted by molar-refractivity contribution is 5.89. The number of aromatic carboxylic acids is 1. The Balaban J connectivity index is 2.61. The fourth-order valence-corrected chi connectivity index (χ4v) is 1.58. The van der Waals surface area contributed by atoms with Crippen molar-refractivity contribution < 1.29 is 23.1 Å². The first kappa shape index (κ1) is 12.2. The fourth-order valence-electron chi connectivity index (χ4n) is 1.58. The first-order chi connectivity index (χ1) is 8.49. The molecule has 0 heterocycles. The number of carboxylic acids is 1. The van der Waals surface area contributed by atoms with Gasteiger partial charge in [0.1, 0.15) is 17.5 Å². The molecule has 0 radical (unpaired) electrons. The molecule has 5 heteroatoms. The molecule has 0 spiro atoms. The van der Waals surface area contributed by atoms with E-state index >= 15 is 0 Å². The number of hydrogen-bond donors (Lipinski definition) is 1. The predicted octanol–water partition coefficient (Wildman–Crippen LogP) is 3.47. The fraction of sp³-hybridized carbons (Fsp3) is 0. The van der Waals surface area contributed by atoms with Crippen molar-refractivity contribution in [1.29, 1.82) is 0 Å². The second-order valence-corrected chi connectivity index (χ2v) is 3.62. The van der Waals surface area contributed by atoms with E-state index in [1.54, 1.807) is 0 Å². The lowest BCUT2D eigenvalue weighted by Gasteiger charge is -2.05. The number of carboxylic acid groups (broad SMARTS) is 1. The van der Waals surface area contributed by atoms with Crippen molar-refractivity contribution in [2.45, 2.75) is 0 Å². The summed E-state index contributed by atoms with van der Waals surface area (Å²) in [6, 6.07) is 5.86. The number of benzene rings is 2. The van der Waals surface area contributed by atoms with Gasteiger partial charge in [0.2, 0.25) is 0 Å². The second-order valence-electron chi connectivity index (χ2n) is 3.62. The van der Waals surface area contributed by atoms with Crippen LogP contribution in [0.2, 0.25) is 0 Å². The van der Waals surface area contributed by atoms with Gasteiger partial charge in [-0.1, -0.05) is 6.07 Å². The van der Waals surface area contributed by atoms with Gasteiger partial charge < -0.3 is 5.11 Å². The quantitative estimate of drug-likeness (QED) is 0.888. The molecule has 1 N–H and O–H groups in total. The number of carbonyl (C=O) groups is 1. The van der Waals surface area contributed by atoms with Crippen LogP contribution >= 0.6 is 0 Å². The molecular formula is C13H7F3O2. The first-order valence-electron chi connectivity index (χ1n) is 4.97. The summed E-state index contributed by atoms with van der Waals surface area (Å²) in [6.45, 7) is 0. The third kappa shape index (κ3) is 2.20. The van der Waals surface area contributed by atoms with Crippen LogP contribution in [0.3, 0.4) is 0 Å². The molecule has 2 aromatic carbocycles. The van der Waals surface area contributed by atoms with Crippen LogP contribution in [0.25, 0.3) is 11.1 Å². The van der Waals surface area contributed by atoms with Crippen LogP contribution in [0.15, 0.2) is 36.4 Å². The Morgan fingerprint density at radius 2 is 1.61 bits per heavy atom. The molecule has 2 rings (SSSR count). The average Bonchev–Trinajstić information content (AvgIpc) is 2.33. The monoisotopic (exact) mass is 252 g/mol. The summed E-state index contributed by atoms with van der Waals surface area (Å²) < 4.78 is 39.7. The van der Waals surface area contributed by atoms with E-state index in [-0.39, 0.29) is 11.1 Å². The van der Waals surface area contributed by atoms with Gasteiger partial charge in [-0.25, -0.2) is 18.0 Å². The molecule has 0 aliphatic carbocycles. The van der Waals surface area contributed by atoms with E-state index in [0.717, 1.165) is 30.3 Å². The van der Waals surface area contributed by atoms with Gasteiger partial charge in [-0.2, -0.15) is 0 Å². The summed E-state index contributed by atoms with van der Waals surface area (Å²) in [7, 11) is 0. The van der Waals surface area contributed by atoms with Gasteiger partial charge in [-0.3, -0.25) is 0 Å². The second kappa shape index (κ2) is 4.52. The zero-order valence-corrected chi connectivity index (χ0v) is 8.95. The molecule has 0 aliphatic heterocycles. The maximum atomic E-state index is 13.5. The Labute approximate surface area is 100 Å². The normalized spacial score (nSPS) is 10.4. The predicted molar refractivity (Wildman–Crippen MR) is 58.7 cm³/mol. The number of halogens is 3. The molecule has 0 aliphatic rings. The lowest BCUT2D eigenvalue weighted by atomic mass is 10.0. The van der Waals surface area contributed by atoms with E-state index in [1.807, 2.05) is 0 Å². The molecule has 0 atom stereocenters. The lowest BCUT2D eigenvalue weighted by Crippen LogP contribution is -2.01. The Morgan fingerprint density at radius 3 is 2.28 bits per heavy atom. The number of hydrogen-bond acceptors (Lipinski definition) is 1. The van der Waals surface area contributed by atoms with Crippen molar-refractivity contribution >= 4 is 5.97 Å². The summed E-state index contributed by atoms with van der Waals surface area (Å²) in [5.74, 6) is -3.76. The highest BCUT2D eigenvalue weighted by Crippen LogP contribution is 2.25. The van der Waals surface area contributed by atoms with E-state index in [1.165, 1.54) is 6.07 Å². The van der Waals surface area contributed by atoms with Gasteiger partial charge in [0, 0.05) is 5.56 Å². The molecule has 0 saturated heterocycles. The summed E-state index contributed by atoms with van der Waals surface area (Å²) in [6.07, 6.45) is 0. The summed E-state index contributed by atoms with van der Waals surface area (Å²) in [5.41, 5.74) is -0.598. The first-order valence-corrected chi connectivity index (χ1v) is 4.97. The maximum Gasteiger partial charge on any atom is 0.338 e. The van der Waals surface area contributed by atoms with Gasteiger partial charge in [0.05, 0.1) is 5.56 Å². The van der Waals surface area contributed by atoms with Crippen molar-refractivity contribution in [3.63, 3.8) is 0 Å². The SMILES string of the molecule is O=C(O)c1cc(-c2cc(F)ccc2F)ccc1F. The van der Waals surface area contributed by atoms with Crippen molar-refractivity contribution in [2.24, 2.45) is 0 Å². The molecule has 0 bridgehead atoms. The van der Waals surface area contributed by atoms with Gasteiger partial charge in [0.15, 0.2) is 0 Å².